The zero-order valence-corrected chi connectivity index (χ0v) is 17.4. The van der Waals surface area contributed by atoms with Crippen molar-refractivity contribution in [1.29, 1.82) is 0 Å². The number of urea groups is 1. The van der Waals surface area contributed by atoms with Crippen molar-refractivity contribution in [2.45, 2.75) is 31.6 Å². The molecular formula is C22H27N3O3S. The molecule has 0 radical (unpaired) electrons. The monoisotopic (exact) mass is 413 g/mol. The number of carbonyl (C=O) groups excluding carboxylic acids is 2. The molecule has 7 heteroatoms. The predicted molar refractivity (Wildman–Crippen MR) is 118 cm³/mol. The standard InChI is InChI=1S/C22H27N3O3S/c1-16-4-6-17(7-5-16)14-29-15-21(26)24-18-8-10-19(11-9-18)25-22(27)23-13-20-3-2-12-28-20/h4-11,20H,2-3,12-15H2,1H3,(H,24,26)(H2,23,25,27). The van der Waals surface area contributed by atoms with Crippen molar-refractivity contribution in [3.05, 3.63) is 59.7 Å². The summed E-state index contributed by atoms with van der Waals surface area (Å²) in [7, 11) is 0. The lowest BCUT2D eigenvalue weighted by Crippen LogP contribution is -2.35. The molecule has 1 atom stereocenters. The van der Waals surface area contributed by atoms with Crippen LogP contribution in [0.25, 0.3) is 0 Å². The Balaban J connectivity index is 1.36. The fraction of sp³-hybridized carbons (Fsp3) is 0.364. The third-order valence-corrected chi connectivity index (χ3v) is 5.57. The topological polar surface area (TPSA) is 79.5 Å². The average molecular weight is 414 g/mol. The number of aryl methyl sites for hydroxylation is 1. The zero-order chi connectivity index (χ0) is 20.5. The van der Waals surface area contributed by atoms with E-state index in [1.54, 1.807) is 36.0 Å². The van der Waals surface area contributed by atoms with Crippen molar-refractivity contribution in [1.82, 2.24) is 5.32 Å². The zero-order valence-electron chi connectivity index (χ0n) is 16.6. The summed E-state index contributed by atoms with van der Waals surface area (Å²) in [6.07, 6.45) is 2.14. The number of anilines is 2. The van der Waals surface area contributed by atoms with E-state index in [1.807, 2.05) is 0 Å². The second-order valence-corrected chi connectivity index (χ2v) is 8.06. The first kappa shape index (κ1) is 21.2. The Kier molecular flexibility index (Phi) is 7.95. The number of thioether (sulfide) groups is 1. The Morgan fingerprint density at radius 3 is 2.38 bits per heavy atom. The highest BCUT2D eigenvalue weighted by Crippen LogP contribution is 2.16. The Morgan fingerprint density at radius 2 is 1.72 bits per heavy atom. The maximum Gasteiger partial charge on any atom is 0.319 e. The highest BCUT2D eigenvalue weighted by molar-refractivity contribution is 7.99. The molecule has 3 amide bonds. The molecule has 6 nitrogen and oxygen atoms in total. The van der Waals surface area contributed by atoms with Crippen molar-refractivity contribution in [2.75, 3.05) is 29.5 Å². The first-order chi connectivity index (χ1) is 14.1. The Bertz CT molecular complexity index is 803. The fourth-order valence-corrected chi connectivity index (χ4v) is 3.75. The molecule has 0 bridgehead atoms. The van der Waals surface area contributed by atoms with Gasteiger partial charge in [-0.1, -0.05) is 29.8 Å². The molecule has 29 heavy (non-hydrogen) atoms. The summed E-state index contributed by atoms with van der Waals surface area (Å²) in [6, 6.07) is 15.1. The van der Waals surface area contributed by atoms with Gasteiger partial charge >= 0.3 is 6.03 Å². The second kappa shape index (κ2) is 10.9. The quantitative estimate of drug-likeness (QED) is 0.607. The van der Waals surface area contributed by atoms with Crippen LogP contribution >= 0.6 is 11.8 Å². The molecule has 1 heterocycles. The van der Waals surface area contributed by atoms with E-state index in [4.69, 9.17) is 4.74 Å². The molecule has 1 aliphatic heterocycles. The third-order valence-electron chi connectivity index (χ3n) is 4.56. The van der Waals surface area contributed by atoms with E-state index in [0.29, 0.717) is 23.7 Å². The molecule has 2 aromatic rings. The summed E-state index contributed by atoms with van der Waals surface area (Å²) in [6.45, 7) is 3.34. The minimum absolute atomic E-state index is 0.0443. The van der Waals surface area contributed by atoms with E-state index < -0.39 is 0 Å². The number of hydrogen-bond acceptors (Lipinski definition) is 4. The van der Waals surface area contributed by atoms with E-state index >= 15 is 0 Å². The van der Waals surface area contributed by atoms with E-state index in [-0.39, 0.29) is 18.0 Å². The van der Waals surface area contributed by atoms with Gasteiger partial charge in [0.25, 0.3) is 0 Å². The van der Waals surface area contributed by atoms with Gasteiger partial charge in [-0.3, -0.25) is 4.79 Å². The first-order valence-electron chi connectivity index (χ1n) is 9.78. The summed E-state index contributed by atoms with van der Waals surface area (Å²) in [5.41, 5.74) is 3.81. The van der Waals surface area contributed by atoms with Crippen LogP contribution in [0.1, 0.15) is 24.0 Å². The van der Waals surface area contributed by atoms with Gasteiger partial charge in [0.2, 0.25) is 5.91 Å². The average Bonchev–Trinajstić information content (AvgIpc) is 3.23. The molecule has 3 rings (SSSR count). The van der Waals surface area contributed by atoms with Gasteiger partial charge in [-0.25, -0.2) is 4.79 Å². The SMILES string of the molecule is Cc1ccc(CSCC(=O)Nc2ccc(NC(=O)NCC3CCCO3)cc2)cc1. The van der Waals surface area contributed by atoms with E-state index in [1.165, 1.54) is 11.1 Å². The van der Waals surface area contributed by atoms with Crippen molar-refractivity contribution >= 4 is 35.1 Å². The summed E-state index contributed by atoms with van der Waals surface area (Å²) in [5.74, 6) is 1.15. The summed E-state index contributed by atoms with van der Waals surface area (Å²) < 4.78 is 5.48. The van der Waals surface area contributed by atoms with Crippen molar-refractivity contribution in [2.24, 2.45) is 0 Å². The van der Waals surface area contributed by atoms with E-state index in [0.717, 1.165) is 25.2 Å². The highest BCUT2D eigenvalue weighted by Gasteiger charge is 2.16. The normalized spacial score (nSPS) is 15.7. The number of ether oxygens (including phenoxy) is 1. The summed E-state index contributed by atoms with van der Waals surface area (Å²) in [5, 5.41) is 8.47. The molecular weight excluding hydrogens is 386 g/mol. The van der Waals surface area contributed by atoms with Crippen LogP contribution in [-0.2, 0) is 15.3 Å². The van der Waals surface area contributed by atoms with Gasteiger partial charge in [-0.2, -0.15) is 0 Å². The molecule has 1 saturated heterocycles. The van der Waals surface area contributed by atoms with Gasteiger partial charge in [-0.05, 0) is 49.6 Å². The van der Waals surface area contributed by atoms with Crippen molar-refractivity contribution < 1.29 is 14.3 Å². The smallest absolute Gasteiger partial charge is 0.319 e. The van der Waals surface area contributed by atoms with Gasteiger partial charge in [0.05, 0.1) is 11.9 Å². The van der Waals surface area contributed by atoms with Gasteiger partial charge in [0.15, 0.2) is 0 Å². The minimum atomic E-state index is -0.259. The van der Waals surface area contributed by atoms with Crippen molar-refractivity contribution in [3.63, 3.8) is 0 Å². The number of amides is 3. The molecule has 2 aromatic carbocycles. The summed E-state index contributed by atoms with van der Waals surface area (Å²) in [4.78, 5) is 24.0. The predicted octanol–water partition coefficient (Wildman–Crippen LogP) is 4.17. The molecule has 1 unspecified atom stereocenters. The van der Waals surface area contributed by atoms with E-state index in [9.17, 15) is 9.59 Å². The number of hydrogen-bond donors (Lipinski definition) is 3. The number of rotatable bonds is 8. The number of benzene rings is 2. The van der Waals surface area contributed by atoms with Crippen LogP contribution in [0.4, 0.5) is 16.2 Å². The molecule has 154 valence electrons. The molecule has 0 aliphatic carbocycles. The lowest BCUT2D eigenvalue weighted by Gasteiger charge is -2.12. The van der Waals surface area contributed by atoms with Crippen LogP contribution in [0.2, 0.25) is 0 Å². The molecule has 0 spiro atoms. The van der Waals surface area contributed by atoms with Gasteiger partial charge in [0, 0.05) is 30.3 Å². The molecule has 0 saturated carbocycles. The minimum Gasteiger partial charge on any atom is -0.376 e. The summed E-state index contributed by atoms with van der Waals surface area (Å²) >= 11 is 1.58. The largest absolute Gasteiger partial charge is 0.376 e. The van der Waals surface area contributed by atoms with Gasteiger partial charge < -0.3 is 20.7 Å². The van der Waals surface area contributed by atoms with Crippen LogP contribution < -0.4 is 16.0 Å². The van der Waals surface area contributed by atoms with Crippen LogP contribution in [0, 0.1) is 6.92 Å². The third kappa shape index (κ3) is 7.44. The maximum absolute atomic E-state index is 12.1. The van der Waals surface area contributed by atoms with Crippen LogP contribution in [0.3, 0.4) is 0 Å². The number of nitrogens with one attached hydrogen (secondary N) is 3. The molecule has 0 aromatic heterocycles. The molecule has 1 aliphatic rings. The number of carbonyl (C=O) groups is 2. The van der Waals surface area contributed by atoms with Gasteiger partial charge in [0.1, 0.15) is 0 Å². The Morgan fingerprint density at radius 1 is 1.03 bits per heavy atom. The van der Waals surface area contributed by atoms with Gasteiger partial charge in [-0.15, -0.1) is 11.8 Å². The van der Waals surface area contributed by atoms with Crippen molar-refractivity contribution in [3.8, 4) is 0 Å². The van der Waals surface area contributed by atoms with Crippen LogP contribution in [0.15, 0.2) is 48.5 Å². The van der Waals surface area contributed by atoms with Crippen LogP contribution in [-0.4, -0.2) is 36.9 Å². The fourth-order valence-electron chi connectivity index (χ4n) is 2.97. The van der Waals surface area contributed by atoms with E-state index in [2.05, 4.69) is 47.1 Å². The molecule has 3 N–H and O–H groups in total. The molecule has 1 fully saturated rings. The Hall–Kier alpha value is -2.51. The lowest BCUT2D eigenvalue weighted by atomic mass is 10.2. The highest BCUT2D eigenvalue weighted by atomic mass is 32.2. The van der Waals surface area contributed by atoms with Crippen LogP contribution in [0.5, 0.6) is 0 Å². The first-order valence-corrected chi connectivity index (χ1v) is 10.9. The maximum atomic E-state index is 12.1. The lowest BCUT2D eigenvalue weighted by molar-refractivity contribution is -0.113. The second-order valence-electron chi connectivity index (χ2n) is 7.07. The Labute approximate surface area is 175 Å².